The number of benzene rings is 4. The Hall–Kier alpha value is -9.04. The monoisotopic (exact) mass is 1070 g/mol. The van der Waals surface area contributed by atoms with Gasteiger partial charge < -0.3 is 37.9 Å². The fourth-order valence-electron chi connectivity index (χ4n) is 7.32. The SMILES string of the molecule is CCCCCCCCCCNN(C(=O)C=Cc1ccc(OC(C)=O)c(OC)c1)N(C(=O)C=Cc1ccc(OC(C)=O)c(OC)c1)N(C(=O)C=Cc1ccc(OC(C)=O)c(OC)c1)C(=O)C=Cc1ccc(OC(C)=O)c(OC)c1. The number of hydrogen-bond acceptors (Lipinski definition) is 17. The van der Waals surface area contributed by atoms with Gasteiger partial charge in [-0.15, -0.1) is 5.12 Å². The molecule has 414 valence electrons. The molecule has 20 nitrogen and oxygen atoms in total. The van der Waals surface area contributed by atoms with Crippen LogP contribution in [0.5, 0.6) is 46.0 Å². The van der Waals surface area contributed by atoms with Crippen molar-refractivity contribution in [1.29, 1.82) is 0 Å². The van der Waals surface area contributed by atoms with E-state index in [4.69, 9.17) is 37.9 Å². The lowest BCUT2D eigenvalue weighted by Crippen LogP contribution is -2.64. The van der Waals surface area contributed by atoms with Crippen molar-refractivity contribution in [3.63, 3.8) is 0 Å². The molecular formula is C58H66N4O16. The fraction of sp³-hybridized carbons (Fsp3) is 0.310. The van der Waals surface area contributed by atoms with Crippen molar-refractivity contribution in [3.05, 3.63) is 119 Å². The highest BCUT2D eigenvalue weighted by Crippen LogP contribution is 2.32. The molecule has 0 aliphatic rings. The molecule has 0 atom stereocenters. The summed E-state index contributed by atoms with van der Waals surface area (Å²) in [6.07, 6.45) is 16.9. The molecule has 0 aliphatic carbocycles. The molecule has 0 bridgehead atoms. The van der Waals surface area contributed by atoms with Gasteiger partial charge >= 0.3 is 23.9 Å². The molecule has 20 heteroatoms. The van der Waals surface area contributed by atoms with Crippen LogP contribution in [0.15, 0.2) is 97.1 Å². The second kappa shape index (κ2) is 31.8. The van der Waals surface area contributed by atoms with Crippen LogP contribution in [0.2, 0.25) is 0 Å². The molecule has 0 unspecified atom stereocenters. The molecule has 0 radical (unpaired) electrons. The lowest BCUT2D eigenvalue weighted by Gasteiger charge is -2.38. The molecule has 0 heterocycles. The van der Waals surface area contributed by atoms with Crippen LogP contribution >= 0.6 is 0 Å². The first-order chi connectivity index (χ1) is 37.4. The number of ether oxygens (including phenoxy) is 8. The van der Waals surface area contributed by atoms with Crippen LogP contribution in [0.3, 0.4) is 0 Å². The van der Waals surface area contributed by atoms with Gasteiger partial charge in [0, 0.05) is 58.5 Å². The first-order valence-corrected chi connectivity index (χ1v) is 24.9. The Labute approximate surface area is 453 Å². The van der Waals surface area contributed by atoms with Gasteiger partial charge in [0.1, 0.15) is 0 Å². The van der Waals surface area contributed by atoms with Gasteiger partial charge in [-0.3, -0.25) is 38.4 Å². The van der Waals surface area contributed by atoms with Crippen molar-refractivity contribution in [1.82, 2.24) is 20.7 Å². The Morgan fingerprint density at radius 2 is 0.692 bits per heavy atom. The Bertz CT molecular complexity index is 2820. The van der Waals surface area contributed by atoms with E-state index in [0.717, 1.165) is 74.4 Å². The lowest BCUT2D eigenvalue weighted by atomic mass is 10.1. The maximum atomic E-state index is 15.1. The number of rotatable bonds is 26. The molecule has 4 aromatic rings. The van der Waals surface area contributed by atoms with E-state index in [9.17, 15) is 33.6 Å². The number of nitrogens with one attached hydrogen (secondary N) is 1. The molecule has 0 spiro atoms. The number of unbranched alkanes of at least 4 members (excludes halogenated alkanes) is 7. The molecule has 1 N–H and O–H groups in total. The molecule has 4 amide bonds. The second-order valence-electron chi connectivity index (χ2n) is 17.0. The van der Waals surface area contributed by atoms with E-state index >= 15 is 4.79 Å². The van der Waals surface area contributed by atoms with Crippen LogP contribution in [0.4, 0.5) is 0 Å². The number of imide groups is 1. The molecule has 0 fully saturated rings. The van der Waals surface area contributed by atoms with Gasteiger partial charge in [0.15, 0.2) is 46.0 Å². The Morgan fingerprint density at radius 3 is 1.00 bits per heavy atom. The predicted octanol–water partition coefficient (Wildman–Crippen LogP) is 9.06. The van der Waals surface area contributed by atoms with Gasteiger partial charge in [-0.2, -0.15) is 10.1 Å². The van der Waals surface area contributed by atoms with E-state index < -0.39 is 47.5 Å². The van der Waals surface area contributed by atoms with Crippen LogP contribution in [-0.4, -0.2) is 97.7 Å². The highest BCUT2D eigenvalue weighted by molar-refractivity contribution is 6.10. The second-order valence-corrected chi connectivity index (χ2v) is 17.0. The molecule has 0 aromatic heterocycles. The molecule has 0 saturated heterocycles. The van der Waals surface area contributed by atoms with Crippen molar-refractivity contribution in [2.45, 2.75) is 86.0 Å². The zero-order valence-electron chi connectivity index (χ0n) is 45.3. The summed E-state index contributed by atoms with van der Waals surface area (Å²) >= 11 is 0. The zero-order chi connectivity index (χ0) is 57.1. The predicted molar refractivity (Wildman–Crippen MR) is 290 cm³/mol. The van der Waals surface area contributed by atoms with Crippen LogP contribution < -0.4 is 43.3 Å². The normalized spacial score (nSPS) is 11.1. The van der Waals surface area contributed by atoms with E-state index in [-0.39, 0.29) is 52.5 Å². The topological polar surface area (TPSA) is 232 Å². The first kappa shape index (κ1) is 61.5. The Kier molecular flexibility index (Phi) is 25.0. The number of carbonyl (C=O) groups excluding carboxylic acids is 8. The van der Waals surface area contributed by atoms with Crippen LogP contribution in [0.1, 0.15) is 108 Å². The van der Waals surface area contributed by atoms with E-state index in [0.29, 0.717) is 38.8 Å². The largest absolute Gasteiger partial charge is 0.493 e. The fourth-order valence-corrected chi connectivity index (χ4v) is 7.32. The first-order valence-electron chi connectivity index (χ1n) is 24.9. The summed E-state index contributed by atoms with van der Waals surface area (Å²) in [6.45, 7) is 7.11. The van der Waals surface area contributed by atoms with E-state index in [2.05, 4.69) is 12.3 Å². The minimum Gasteiger partial charge on any atom is -0.493 e. The van der Waals surface area contributed by atoms with Crippen LogP contribution in [-0.2, 0) is 38.4 Å². The summed E-state index contributed by atoms with van der Waals surface area (Å²) in [5, 5.41) is 1.74. The maximum Gasteiger partial charge on any atom is 0.308 e. The highest BCUT2D eigenvalue weighted by Gasteiger charge is 2.36. The number of carbonyl (C=O) groups is 8. The van der Waals surface area contributed by atoms with E-state index in [1.807, 2.05) is 0 Å². The number of hydrazine groups is 3. The Morgan fingerprint density at radius 1 is 0.397 bits per heavy atom. The smallest absolute Gasteiger partial charge is 0.308 e. The average Bonchev–Trinajstić information content (AvgIpc) is 3.41. The van der Waals surface area contributed by atoms with Crippen molar-refractivity contribution >= 4 is 71.8 Å². The third-order valence-electron chi connectivity index (χ3n) is 10.9. The van der Waals surface area contributed by atoms with Gasteiger partial charge in [0.25, 0.3) is 23.6 Å². The third-order valence-corrected chi connectivity index (χ3v) is 10.9. The zero-order valence-corrected chi connectivity index (χ0v) is 45.3. The molecule has 78 heavy (non-hydrogen) atoms. The lowest BCUT2D eigenvalue weighted by molar-refractivity contribution is -0.209. The molecule has 0 saturated carbocycles. The quantitative estimate of drug-likeness (QED) is 0.0203. The minimum atomic E-state index is -1.13. The number of esters is 4. The van der Waals surface area contributed by atoms with E-state index in [1.54, 1.807) is 6.07 Å². The van der Waals surface area contributed by atoms with Crippen molar-refractivity contribution in [2.75, 3.05) is 35.0 Å². The molecule has 4 aromatic carbocycles. The van der Waals surface area contributed by atoms with Crippen LogP contribution in [0.25, 0.3) is 24.3 Å². The summed E-state index contributed by atoms with van der Waals surface area (Å²) in [6, 6.07) is 17.8. The number of nitrogens with zero attached hydrogens (tertiary/aromatic N) is 3. The van der Waals surface area contributed by atoms with Gasteiger partial charge in [-0.25, -0.2) is 5.43 Å². The van der Waals surface area contributed by atoms with Gasteiger partial charge in [-0.05, 0) is 102 Å². The van der Waals surface area contributed by atoms with Crippen molar-refractivity contribution in [2.24, 2.45) is 0 Å². The van der Waals surface area contributed by atoms with Gasteiger partial charge in [0.05, 0.1) is 28.4 Å². The third kappa shape index (κ3) is 19.6. The summed E-state index contributed by atoms with van der Waals surface area (Å²) in [5.74, 6) is -5.72. The maximum absolute atomic E-state index is 15.1. The van der Waals surface area contributed by atoms with Gasteiger partial charge in [0.2, 0.25) is 0 Å². The molecule has 0 aliphatic heterocycles. The summed E-state index contributed by atoms with van der Waals surface area (Å²) in [5.41, 5.74) is 4.40. The molecular weight excluding hydrogens is 1010 g/mol. The summed E-state index contributed by atoms with van der Waals surface area (Å²) in [7, 11) is 5.42. The Balaban J connectivity index is 1.97. The summed E-state index contributed by atoms with van der Waals surface area (Å²) in [4.78, 5) is 107. The minimum absolute atomic E-state index is 0.0760. The van der Waals surface area contributed by atoms with Crippen molar-refractivity contribution in [3.8, 4) is 46.0 Å². The highest BCUT2D eigenvalue weighted by atomic mass is 16.6. The summed E-state index contributed by atoms with van der Waals surface area (Å²) < 4.78 is 42.7. The molecule has 4 rings (SSSR count). The average molecular weight is 1080 g/mol. The standard InChI is InChI=1S/C58H66N4O16/c1-10-11-12-13-14-15-16-17-34-59-61(57(69)32-24-45-20-28-49(77-41(4)65)53(37-45)73-8)62(58(70)33-25-46-21-29-50(78-42(5)66)54(38-46)74-9)60(55(67)30-22-43-18-26-47(75-39(2)63)51(35-43)71-6)56(68)31-23-44-19-27-48(76-40(3)64)52(36-44)72-7/h18-33,35-38,59H,10-17,34H2,1-9H3. The number of amides is 4. The number of hydrogen-bond donors (Lipinski definition) is 1. The number of methoxy groups -OCH3 is 4. The van der Waals surface area contributed by atoms with Crippen LogP contribution in [0, 0.1) is 0 Å². The van der Waals surface area contributed by atoms with E-state index in [1.165, 1.54) is 147 Å². The van der Waals surface area contributed by atoms with Crippen molar-refractivity contribution < 1.29 is 76.3 Å². The van der Waals surface area contributed by atoms with Gasteiger partial charge in [-0.1, -0.05) is 76.1 Å².